The maximum absolute atomic E-state index is 12.3. The lowest BCUT2D eigenvalue weighted by atomic mass is 10.1. The molecule has 0 fully saturated rings. The molecule has 0 bridgehead atoms. The van der Waals surface area contributed by atoms with Crippen LogP contribution in [0, 0.1) is 0 Å². The Bertz CT molecular complexity index is 417. The van der Waals surface area contributed by atoms with Crippen molar-refractivity contribution in [2.45, 2.75) is 168 Å². The minimum atomic E-state index is 0.351. The van der Waals surface area contributed by atoms with E-state index in [9.17, 15) is 4.79 Å². The van der Waals surface area contributed by atoms with Gasteiger partial charge in [0.2, 0.25) is 5.91 Å². The van der Waals surface area contributed by atoms with Crippen LogP contribution < -0.4 is 0 Å². The lowest BCUT2D eigenvalue weighted by molar-refractivity contribution is -0.130. The molecule has 0 unspecified atom stereocenters. The summed E-state index contributed by atoms with van der Waals surface area (Å²) in [5, 5.41) is 0. The first kappa shape index (κ1) is 32.2. The van der Waals surface area contributed by atoms with Crippen molar-refractivity contribution in [1.29, 1.82) is 0 Å². The minimum absolute atomic E-state index is 0.351. The molecule has 0 saturated carbocycles. The molecule has 1 amide bonds. The predicted octanol–water partition coefficient (Wildman–Crippen LogP) is 10.4. The second-order valence-corrected chi connectivity index (χ2v) is 10.3. The van der Waals surface area contributed by atoms with Crippen molar-refractivity contribution in [3.63, 3.8) is 0 Å². The van der Waals surface area contributed by atoms with Gasteiger partial charge in [-0.1, -0.05) is 135 Å². The Kier molecular flexibility index (Phi) is 26.8. The highest BCUT2D eigenvalue weighted by Gasteiger charge is 2.07. The molecule has 2 nitrogen and oxygen atoms in total. The van der Waals surface area contributed by atoms with Crippen LogP contribution in [0.1, 0.15) is 168 Å². The molecule has 0 N–H and O–H groups in total. The molecule has 0 atom stereocenters. The molecule has 0 spiro atoms. The summed E-state index contributed by atoms with van der Waals surface area (Å²) >= 11 is 0. The van der Waals surface area contributed by atoms with Gasteiger partial charge in [-0.15, -0.1) is 0 Å². The van der Waals surface area contributed by atoms with E-state index in [4.69, 9.17) is 0 Å². The molecule has 0 aromatic rings. The quantitative estimate of drug-likeness (QED) is 0.0922. The second kappa shape index (κ2) is 27.5. The fourth-order valence-corrected chi connectivity index (χ4v) is 4.50. The Morgan fingerprint density at radius 3 is 1.33 bits per heavy atom. The molecule has 0 rings (SSSR count). The average Bonchev–Trinajstić information content (AvgIpc) is 2.82. The maximum atomic E-state index is 12.3. The zero-order chi connectivity index (χ0) is 24.2. The molecule has 2 heteroatoms. The largest absolute Gasteiger partial charge is 0.346 e. The third kappa shape index (κ3) is 25.7. The zero-order valence-corrected chi connectivity index (χ0v) is 23.2. The standard InChI is InChI=1S/C31H61NO/c1-4-6-8-10-12-14-16-17-18-19-20-21-23-25-27-29-31(33)32(3)30-28-26-24-22-15-13-11-9-7-5-2/h17-18H,4-16,19-30H2,1-3H3/b18-17-. The lowest BCUT2D eigenvalue weighted by Gasteiger charge is -2.17. The molecule has 0 heterocycles. The fourth-order valence-electron chi connectivity index (χ4n) is 4.50. The van der Waals surface area contributed by atoms with E-state index in [-0.39, 0.29) is 0 Å². The van der Waals surface area contributed by atoms with E-state index in [1.54, 1.807) is 0 Å². The van der Waals surface area contributed by atoms with Crippen molar-refractivity contribution < 1.29 is 4.79 Å². The van der Waals surface area contributed by atoms with Gasteiger partial charge >= 0.3 is 0 Å². The van der Waals surface area contributed by atoms with E-state index in [1.807, 2.05) is 11.9 Å². The van der Waals surface area contributed by atoms with Crippen LogP contribution in [0.2, 0.25) is 0 Å². The second-order valence-electron chi connectivity index (χ2n) is 10.3. The lowest BCUT2D eigenvalue weighted by Crippen LogP contribution is -2.27. The highest BCUT2D eigenvalue weighted by molar-refractivity contribution is 5.75. The summed E-state index contributed by atoms with van der Waals surface area (Å²) in [6.07, 6.45) is 36.1. The summed E-state index contributed by atoms with van der Waals surface area (Å²) in [5.41, 5.74) is 0. The summed E-state index contributed by atoms with van der Waals surface area (Å²) < 4.78 is 0. The number of amides is 1. The van der Waals surface area contributed by atoms with Crippen LogP contribution in [0.5, 0.6) is 0 Å². The van der Waals surface area contributed by atoms with Gasteiger partial charge in [0.25, 0.3) is 0 Å². The fraction of sp³-hybridized carbons (Fsp3) is 0.903. The first-order valence-corrected chi connectivity index (χ1v) is 15.1. The smallest absolute Gasteiger partial charge is 0.222 e. The average molecular weight is 464 g/mol. The molecule has 0 aliphatic heterocycles. The third-order valence-electron chi connectivity index (χ3n) is 6.93. The summed E-state index contributed by atoms with van der Waals surface area (Å²) in [4.78, 5) is 14.3. The first-order valence-electron chi connectivity index (χ1n) is 15.1. The summed E-state index contributed by atoms with van der Waals surface area (Å²) in [6, 6.07) is 0. The number of unbranched alkanes of at least 4 members (excludes halogenated alkanes) is 20. The van der Waals surface area contributed by atoms with E-state index >= 15 is 0 Å². The SMILES string of the molecule is CCCCCCCC/C=C\CCCCCCCC(=O)N(C)CCCCCCCCCCCC. The monoisotopic (exact) mass is 463 g/mol. The molecule has 0 radical (unpaired) electrons. The topological polar surface area (TPSA) is 20.3 Å². The van der Waals surface area contributed by atoms with E-state index in [1.165, 1.54) is 141 Å². The van der Waals surface area contributed by atoms with Crippen molar-refractivity contribution in [3.05, 3.63) is 12.2 Å². The van der Waals surface area contributed by atoms with E-state index in [2.05, 4.69) is 26.0 Å². The van der Waals surface area contributed by atoms with Gasteiger partial charge in [0.05, 0.1) is 0 Å². The van der Waals surface area contributed by atoms with Crippen molar-refractivity contribution in [1.82, 2.24) is 4.90 Å². The number of hydrogen-bond acceptors (Lipinski definition) is 1. The van der Waals surface area contributed by atoms with Crippen LogP contribution in [0.3, 0.4) is 0 Å². The van der Waals surface area contributed by atoms with E-state index in [0.717, 1.165) is 19.4 Å². The predicted molar refractivity (Wildman–Crippen MR) is 149 cm³/mol. The van der Waals surface area contributed by atoms with Crippen LogP contribution in [-0.4, -0.2) is 24.4 Å². The highest BCUT2D eigenvalue weighted by atomic mass is 16.2. The van der Waals surface area contributed by atoms with Crippen LogP contribution in [0.15, 0.2) is 12.2 Å². The maximum Gasteiger partial charge on any atom is 0.222 e. The third-order valence-corrected chi connectivity index (χ3v) is 6.93. The molecular formula is C31H61NO. The van der Waals surface area contributed by atoms with Gasteiger partial charge in [-0.25, -0.2) is 0 Å². The van der Waals surface area contributed by atoms with Gasteiger partial charge in [-0.05, 0) is 38.5 Å². The zero-order valence-electron chi connectivity index (χ0n) is 23.2. The molecule has 0 saturated heterocycles. The van der Waals surface area contributed by atoms with Crippen molar-refractivity contribution in [3.8, 4) is 0 Å². The number of hydrogen-bond donors (Lipinski definition) is 0. The Labute approximate surface area is 209 Å². The molecular weight excluding hydrogens is 402 g/mol. The highest BCUT2D eigenvalue weighted by Crippen LogP contribution is 2.12. The molecule has 0 aromatic carbocycles. The van der Waals surface area contributed by atoms with Crippen molar-refractivity contribution in [2.24, 2.45) is 0 Å². The summed E-state index contributed by atoms with van der Waals surface area (Å²) in [6.45, 7) is 5.50. The number of allylic oxidation sites excluding steroid dienone is 2. The van der Waals surface area contributed by atoms with Gasteiger partial charge in [0.1, 0.15) is 0 Å². The first-order chi connectivity index (χ1) is 16.2. The van der Waals surface area contributed by atoms with E-state index < -0.39 is 0 Å². The Balaban J connectivity index is 3.34. The van der Waals surface area contributed by atoms with Gasteiger partial charge in [-0.3, -0.25) is 4.79 Å². The van der Waals surface area contributed by atoms with Gasteiger partial charge in [-0.2, -0.15) is 0 Å². The molecule has 33 heavy (non-hydrogen) atoms. The number of rotatable bonds is 26. The normalized spacial score (nSPS) is 11.5. The van der Waals surface area contributed by atoms with Crippen LogP contribution in [-0.2, 0) is 4.79 Å². The van der Waals surface area contributed by atoms with E-state index in [0.29, 0.717) is 5.91 Å². The van der Waals surface area contributed by atoms with Gasteiger partial charge in [0.15, 0.2) is 0 Å². The number of carbonyl (C=O) groups is 1. The Morgan fingerprint density at radius 1 is 0.515 bits per heavy atom. The summed E-state index contributed by atoms with van der Waals surface area (Å²) in [5.74, 6) is 0.351. The molecule has 0 aliphatic rings. The van der Waals surface area contributed by atoms with Crippen molar-refractivity contribution >= 4 is 5.91 Å². The molecule has 0 aliphatic carbocycles. The Morgan fingerprint density at radius 2 is 0.879 bits per heavy atom. The Hall–Kier alpha value is -0.790. The molecule has 196 valence electrons. The van der Waals surface area contributed by atoms with Gasteiger partial charge < -0.3 is 4.90 Å². The number of carbonyl (C=O) groups excluding carboxylic acids is 1. The minimum Gasteiger partial charge on any atom is -0.346 e. The van der Waals surface area contributed by atoms with Crippen LogP contribution >= 0.6 is 0 Å². The number of nitrogens with zero attached hydrogens (tertiary/aromatic N) is 1. The molecule has 0 aromatic heterocycles. The van der Waals surface area contributed by atoms with Gasteiger partial charge in [0, 0.05) is 20.0 Å². The van der Waals surface area contributed by atoms with Crippen LogP contribution in [0.25, 0.3) is 0 Å². The van der Waals surface area contributed by atoms with Crippen LogP contribution in [0.4, 0.5) is 0 Å². The summed E-state index contributed by atoms with van der Waals surface area (Å²) in [7, 11) is 1.99. The van der Waals surface area contributed by atoms with Crippen molar-refractivity contribution in [2.75, 3.05) is 13.6 Å².